The van der Waals surface area contributed by atoms with E-state index < -0.39 is 0 Å². The molecule has 0 radical (unpaired) electrons. The predicted octanol–water partition coefficient (Wildman–Crippen LogP) is 0.659. The quantitative estimate of drug-likeness (QED) is 0.452. The molecule has 0 saturated heterocycles. The van der Waals surface area contributed by atoms with Gasteiger partial charge < -0.3 is 24.0 Å². The third kappa shape index (κ3) is 4.65. The van der Waals surface area contributed by atoms with Gasteiger partial charge in [0, 0.05) is 24.5 Å². The van der Waals surface area contributed by atoms with Crippen molar-refractivity contribution in [3.05, 3.63) is 102 Å². The molecule has 0 aliphatic heterocycles. The summed E-state index contributed by atoms with van der Waals surface area (Å²) in [6.07, 6.45) is 4.12. The van der Waals surface area contributed by atoms with Gasteiger partial charge in [-0.15, -0.1) is 0 Å². The van der Waals surface area contributed by atoms with Crippen LogP contribution in [-0.2, 0) is 13.1 Å². The first-order chi connectivity index (χ1) is 11.4. The van der Waals surface area contributed by atoms with E-state index >= 15 is 0 Å². The van der Waals surface area contributed by atoms with Gasteiger partial charge in [-0.25, -0.2) is 0 Å². The number of rotatable bonds is 6. The van der Waals surface area contributed by atoms with Crippen LogP contribution in [0.2, 0.25) is 0 Å². The number of nitrogens with zero attached hydrogens (tertiary/aromatic N) is 1. The van der Waals surface area contributed by atoms with Gasteiger partial charge in [0.15, 0.2) is 18.6 Å². The van der Waals surface area contributed by atoms with Crippen molar-refractivity contribution >= 4 is 0 Å². The summed E-state index contributed by atoms with van der Waals surface area (Å²) in [5, 5.41) is 0. The summed E-state index contributed by atoms with van der Waals surface area (Å²) in [6.45, 7) is 0.525. The Morgan fingerprint density at radius 3 is 1.83 bits per heavy atom. The van der Waals surface area contributed by atoms with Crippen LogP contribution < -0.4 is 34.3 Å². The van der Waals surface area contributed by atoms with Crippen LogP contribution in [-0.4, -0.2) is 0 Å². The number of aromatic nitrogens is 1. The normalized spacial score (nSPS) is 10.4. The lowest BCUT2D eigenvalue weighted by molar-refractivity contribution is -0.703. The van der Waals surface area contributed by atoms with E-state index in [1.807, 2.05) is 6.07 Å². The van der Waals surface area contributed by atoms with Crippen molar-refractivity contribution in [2.24, 2.45) is 5.73 Å². The average Bonchev–Trinajstić information content (AvgIpc) is 2.64. The van der Waals surface area contributed by atoms with Gasteiger partial charge in [-0.05, 0) is 17.5 Å². The van der Waals surface area contributed by atoms with Crippen LogP contribution in [0.1, 0.15) is 29.2 Å². The molecule has 24 heavy (non-hydrogen) atoms. The monoisotopic (exact) mass is 430 g/mol. The van der Waals surface area contributed by atoms with Gasteiger partial charge in [-0.3, -0.25) is 5.73 Å². The molecular weight excluding hydrogens is 407 g/mol. The molecule has 3 rings (SSSR count). The Morgan fingerprint density at radius 1 is 0.750 bits per heavy atom. The maximum absolute atomic E-state index is 5.84. The van der Waals surface area contributed by atoms with Crippen LogP contribution in [0.3, 0.4) is 0 Å². The second-order valence-electron chi connectivity index (χ2n) is 5.76. The number of nitrogens with two attached hydrogens (primary N) is 1. The zero-order valence-corrected chi connectivity index (χ0v) is 15.8. The minimum absolute atomic E-state index is 0. The fraction of sp³-hybridized carbons (Fsp3) is 0.190. The number of hydrogen-bond donors (Lipinski definition) is 1. The SMILES string of the molecule is NC[n+]1ccccc1CCC(c1ccccc1)c1ccccc1.[I-]. The second kappa shape index (κ2) is 9.55. The maximum Gasteiger partial charge on any atom is 0.199 e. The molecule has 0 saturated carbocycles. The molecule has 0 fully saturated rings. The van der Waals surface area contributed by atoms with Crippen molar-refractivity contribution in [1.82, 2.24) is 0 Å². The summed E-state index contributed by atoms with van der Waals surface area (Å²) in [5.74, 6) is 0.406. The summed E-state index contributed by atoms with van der Waals surface area (Å²) in [5.41, 5.74) is 9.87. The summed E-state index contributed by atoms with van der Waals surface area (Å²) in [7, 11) is 0. The molecule has 0 aliphatic carbocycles. The Bertz CT molecular complexity index is 690. The number of halogens is 1. The Labute approximate surface area is 161 Å². The second-order valence-corrected chi connectivity index (χ2v) is 5.76. The highest BCUT2D eigenvalue weighted by Gasteiger charge is 2.16. The van der Waals surface area contributed by atoms with Crippen molar-refractivity contribution in [3.63, 3.8) is 0 Å². The van der Waals surface area contributed by atoms with E-state index in [0.29, 0.717) is 12.6 Å². The lowest BCUT2D eigenvalue weighted by atomic mass is 9.87. The molecule has 0 atom stereocenters. The average molecular weight is 430 g/mol. The fourth-order valence-electron chi connectivity index (χ4n) is 3.11. The van der Waals surface area contributed by atoms with Crippen LogP contribution in [0.5, 0.6) is 0 Å². The molecule has 1 heterocycles. The summed E-state index contributed by atoms with van der Waals surface area (Å²) < 4.78 is 2.12. The summed E-state index contributed by atoms with van der Waals surface area (Å²) >= 11 is 0. The molecule has 2 N–H and O–H groups in total. The standard InChI is InChI=1S/C21H23N2.HI/c22-17-23-16-8-7-13-20(23)14-15-21(18-9-3-1-4-10-18)19-11-5-2-6-12-19;/h1-13,16,21H,14-15,17,22H2;1H/q+1;/p-1. The Balaban J connectivity index is 0.00000208. The Hall–Kier alpha value is -1.72. The highest BCUT2D eigenvalue weighted by atomic mass is 127. The van der Waals surface area contributed by atoms with Gasteiger partial charge in [-0.2, -0.15) is 4.57 Å². The zero-order valence-electron chi connectivity index (χ0n) is 13.7. The first-order valence-corrected chi connectivity index (χ1v) is 8.16. The minimum Gasteiger partial charge on any atom is -1.00 e. The Kier molecular flexibility index (Phi) is 7.40. The number of hydrogen-bond acceptors (Lipinski definition) is 1. The summed E-state index contributed by atoms with van der Waals surface area (Å²) in [6, 6.07) is 27.8. The van der Waals surface area contributed by atoms with Crippen molar-refractivity contribution in [1.29, 1.82) is 0 Å². The molecule has 0 aliphatic rings. The van der Waals surface area contributed by atoms with Crippen LogP contribution in [0, 0.1) is 0 Å². The molecular formula is C21H23IN2. The lowest BCUT2D eigenvalue weighted by Crippen LogP contribution is -3.00. The Morgan fingerprint density at radius 2 is 1.29 bits per heavy atom. The van der Waals surface area contributed by atoms with Gasteiger partial charge in [0.25, 0.3) is 0 Å². The number of pyridine rings is 1. The van der Waals surface area contributed by atoms with E-state index in [0.717, 1.165) is 12.8 Å². The number of benzene rings is 2. The van der Waals surface area contributed by atoms with Crippen molar-refractivity contribution in [2.75, 3.05) is 0 Å². The number of aryl methyl sites for hydroxylation is 1. The van der Waals surface area contributed by atoms with Gasteiger partial charge in [0.2, 0.25) is 0 Å². The minimum atomic E-state index is 0. The molecule has 3 heteroatoms. The van der Waals surface area contributed by atoms with E-state index in [9.17, 15) is 0 Å². The van der Waals surface area contributed by atoms with E-state index in [-0.39, 0.29) is 24.0 Å². The van der Waals surface area contributed by atoms with Crippen LogP contribution in [0.4, 0.5) is 0 Å². The maximum atomic E-state index is 5.84. The third-order valence-electron chi connectivity index (χ3n) is 4.32. The molecule has 3 aromatic rings. The summed E-state index contributed by atoms with van der Waals surface area (Å²) in [4.78, 5) is 0. The predicted molar refractivity (Wildman–Crippen MR) is 93.9 cm³/mol. The van der Waals surface area contributed by atoms with Crippen LogP contribution in [0.25, 0.3) is 0 Å². The molecule has 1 aromatic heterocycles. The van der Waals surface area contributed by atoms with Gasteiger partial charge in [-0.1, -0.05) is 66.7 Å². The van der Waals surface area contributed by atoms with E-state index in [1.165, 1.54) is 16.8 Å². The molecule has 0 amide bonds. The molecule has 0 bridgehead atoms. The largest absolute Gasteiger partial charge is 1.00 e. The van der Waals surface area contributed by atoms with Gasteiger partial charge in [0.1, 0.15) is 0 Å². The first-order valence-electron chi connectivity index (χ1n) is 8.16. The van der Waals surface area contributed by atoms with Gasteiger partial charge >= 0.3 is 0 Å². The lowest BCUT2D eigenvalue weighted by Gasteiger charge is -2.17. The molecule has 0 spiro atoms. The van der Waals surface area contributed by atoms with Crippen LogP contribution in [0.15, 0.2) is 85.1 Å². The molecule has 2 aromatic carbocycles. The van der Waals surface area contributed by atoms with E-state index in [1.54, 1.807) is 0 Å². The molecule has 124 valence electrons. The van der Waals surface area contributed by atoms with E-state index in [2.05, 4.69) is 83.6 Å². The smallest absolute Gasteiger partial charge is 0.199 e. The zero-order chi connectivity index (χ0) is 15.9. The van der Waals surface area contributed by atoms with Gasteiger partial charge in [0.05, 0.1) is 0 Å². The molecule has 2 nitrogen and oxygen atoms in total. The van der Waals surface area contributed by atoms with Crippen molar-refractivity contribution < 1.29 is 28.5 Å². The fourth-order valence-corrected chi connectivity index (χ4v) is 3.11. The van der Waals surface area contributed by atoms with Crippen molar-refractivity contribution in [2.45, 2.75) is 25.4 Å². The van der Waals surface area contributed by atoms with Crippen LogP contribution >= 0.6 is 0 Å². The molecule has 0 unspecified atom stereocenters. The third-order valence-corrected chi connectivity index (χ3v) is 4.32. The van der Waals surface area contributed by atoms with E-state index in [4.69, 9.17) is 5.73 Å². The topological polar surface area (TPSA) is 29.9 Å². The highest BCUT2D eigenvalue weighted by Crippen LogP contribution is 2.28. The first kappa shape index (κ1) is 18.6. The van der Waals surface area contributed by atoms with Crippen molar-refractivity contribution in [3.8, 4) is 0 Å². The highest BCUT2D eigenvalue weighted by molar-refractivity contribution is 5.32.